The van der Waals surface area contributed by atoms with Crippen LogP contribution in [-0.4, -0.2) is 6.09 Å². The monoisotopic (exact) mass is 191 g/mol. The normalized spacial score (nSPS) is 19.6. The van der Waals surface area contributed by atoms with Crippen molar-refractivity contribution in [1.29, 1.82) is 0 Å². The number of benzene rings is 1. The fourth-order valence-corrected chi connectivity index (χ4v) is 1.63. The molecule has 0 spiro atoms. The molecule has 2 rings (SSSR count). The molecule has 1 N–H and O–H groups in total. The first-order chi connectivity index (χ1) is 6.70. The number of amides is 1. The van der Waals surface area contributed by atoms with E-state index in [9.17, 15) is 4.79 Å². The summed E-state index contributed by atoms with van der Waals surface area (Å²) < 4.78 is 5.05. The highest BCUT2D eigenvalue weighted by Gasteiger charge is 2.22. The lowest BCUT2D eigenvalue weighted by molar-refractivity contribution is 0.190. The zero-order valence-electron chi connectivity index (χ0n) is 8.33. The van der Waals surface area contributed by atoms with E-state index in [1.807, 2.05) is 19.1 Å². The summed E-state index contributed by atoms with van der Waals surface area (Å²) in [6.07, 6.45) is 0.628. The van der Waals surface area contributed by atoms with E-state index in [1.54, 1.807) is 0 Å². The van der Waals surface area contributed by atoms with Crippen LogP contribution in [0.15, 0.2) is 18.2 Å². The predicted octanol–water partition coefficient (Wildman–Crippen LogP) is 2.41. The number of hydrogen-bond acceptors (Lipinski definition) is 2. The fourth-order valence-electron chi connectivity index (χ4n) is 1.63. The summed E-state index contributed by atoms with van der Waals surface area (Å²) in [6.45, 7) is 4.06. The van der Waals surface area contributed by atoms with Gasteiger partial charge in [0.25, 0.3) is 0 Å². The molecule has 1 aliphatic rings. The summed E-state index contributed by atoms with van der Waals surface area (Å²) in [4.78, 5) is 11.1. The number of ether oxygens (including phenoxy) is 1. The number of hydrogen-bond donors (Lipinski definition) is 1. The van der Waals surface area contributed by atoms with Gasteiger partial charge in [-0.2, -0.15) is 0 Å². The van der Waals surface area contributed by atoms with Gasteiger partial charge in [0.1, 0.15) is 5.75 Å². The number of carbonyl (C=O) groups is 1. The summed E-state index contributed by atoms with van der Waals surface area (Å²) >= 11 is 0. The highest BCUT2D eigenvalue weighted by atomic mass is 16.6. The minimum atomic E-state index is -0.366. The Hall–Kier alpha value is -1.51. The average molecular weight is 191 g/mol. The van der Waals surface area contributed by atoms with Crippen molar-refractivity contribution >= 4 is 6.09 Å². The van der Waals surface area contributed by atoms with Gasteiger partial charge in [-0.1, -0.05) is 19.1 Å². The molecular formula is C11H13NO2. The number of nitrogens with one attached hydrogen (secondary N) is 1. The highest BCUT2D eigenvalue weighted by molar-refractivity contribution is 5.74. The van der Waals surface area contributed by atoms with E-state index >= 15 is 0 Å². The van der Waals surface area contributed by atoms with Crippen LogP contribution in [0.25, 0.3) is 0 Å². The van der Waals surface area contributed by atoms with Gasteiger partial charge in [-0.3, -0.25) is 0 Å². The molecule has 14 heavy (non-hydrogen) atoms. The number of carbonyl (C=O) groups excluding carboxylic acids is 1. The van der Waals surface area contributed by atoms with Crippen LogP contribution >= 0.6 is 0 Å². The molecule has 1 amide bonds. The third-order valence-electron chi connectivity index (χ3n) is 2.49. The van der Waals surface area contributed by atoms with E-state index in [4.69, 9.17) is 4.74 Å². The van der Waals surface area contributed by atoms with Crippen molar-refractivity contribution in [2.24, 2.45) is 0 Å². The van der Waals surface area contributed by atoms with E-state index < -0.39 is 0 Å². The van der Waals surface area contributed by atoms with Gasteiger partial charge in [0, 0.05) is 5.56 Å². The predicted molar refractivity (Wildman–Crippen MR) is 53.4 cm³/mol. The number of aryl methyl sites for hydroxylation is 1. The van der Waals surface area contributed by atoms with E-state index in [2.05, 4.69) is 18.3 Å². The lowest BCUT2D eigenvalue weighted by Crippen LogP contribution is -2.34. The molecule has 0 saturated heterocycles. The lowest BCUT2D eigenvalue weighted by atomic mass is 10.0. The Morgan fingerprint density at radius 3 is 3.00 bits per heavy atom. The van der Waals surface area contributed by atoms with Crippen LogP contribution in [-0.2, 0) is 6.42 Å². The maximum atomic E-state index is 11.1. The van der Waals surface area contributed by atoms with Gasteiger partial charge in [-0.25, -0.2) is 4.79 Å². The third kappa shape index (κ3) is 1.45. The molecule has 0 aromatic heterocycles. The van der Waals surface area contributed by atoms with Crippen LogP contribution < -0.4 is 10.1 Å². The van der Waals surface area contributed by atoms with E-state index in [0.717, 1.165) is 12.0 Å². The van der Waals surface area contributed by atoms with E-state index in [-0.39, 0.29) is 12.1 Å². The fraction of sp³-hybridized carbons (Fsp3) is 0.364. The Balaban J connectivity index is 2.44. The molecule has 0 saturated carbocycles. The minimum Gasteiger partial charge on any atom is -0.410 e. The van der Waals surface area contributed by atoms with Crippen molar-refractivity contribution < 1.29 is 9.53 Å². The first-order valence-corrected chi connectivity index (χ1v) is 4.82. The molecule has 1 heterocycles. The second-order valence-corrected chi connectivity index (χ2v) is 3.48. The maximum Gasteiger partial charge on any atom is 0.413 e. The van der Waals surface area contributed by atoms with Crippen molar-refractivity contribution in [3.63, 3.8) is 0 Å². The minimum absolute atomic E-state index is 0.0396. The maximum absolute atomic E-state index is 11.1. The van der Waals surface area contributed by atoms with Gasteiger partial charge in [0.2, 0.25) is 0 Å². The van der Waals surface area contributed by atoms with Gasteiger partial charge < -0.3 is 10.1 Å². The largest absolute Gasteiger partial charge is 0.413 e. The van der Waals surface area contributed by atoms with Crippen LogP contribution in [0.1, 0.15) is 31.0 Å². The Morgan fingerprint density at radius 1 is 1.50 bits per heavy atom. The molecule has 0 aliphatic carbocycles. The second-order valence-electron chi connectivity index (χ2n) is 3.48. The van der Waals surface area contributed by atoms with E-state index in [1.165, 1.54) is 5.56 Å². The summed E-state index contributed by atoms with van der Waals surface area (Å²) in [5.74, 6) is 0.679. The van der Waals surface area contributed by atoms with Gasteiger partial charge in [0.15, 0.2) is 0 Å². The van der Waals surface area contributed by atoms with Crippen LogP contribution in [0.4, 0.5) is 4.79 Å². The van der Waals surface area contributed by atoms with Crippen LogP contribution in [0.5, 0.6) is 5.75 Å². The smallest absolute Gasteiger partial charge is 0.410 e. The SMILES string of the molecule is CCc1ccc2c(c1)C(C)NC(=O)O2. The summed E-state index contributed by atoms with van der Waals surface area (Å²) in [6, 6.07) is 5.98. The van der Waals surface area contributed by atoms with Crippen LogP contribution in [0, 0.1) is 0 Å². The Kier molecular flexibility index (Phi) is 2.15. The van der Waals surface area contributed by atoms with Gasteiger partial charge >= 0.3 is 6.09 Å². The van der Waals surface area contributed by atoms with Gasteiger partial charge in [0.05, 0.1) is 6.04 Å². The lowest BCUT2D eigenvalue weighted by Gasteiger charge is -2.23. The van der Waals surface area contributed by atoms with Crippen molar-refractivity contribution in [3.8, 4) is 5.75 Å². The molecule has 0 radical (unpaired) electrons. The van der Waals surface area contributed by atoms with Crippen molar-refractivity contribution in [2.75, 3.05) is 0 Å². The zero-order chi connectivity index (χ0) is 10.1. The molecule has 1 aromatic carbocycles. The summed E-state index contributed by atoms with van der Waals surface area (Å²) in [5, 5.41) is 2.73. The molecule has 0 fully saturated rings. The summed E-state index contributed by atoms with van der Waals surface area (Å²) in [7, 11) is 0. The molecule has 1 unspecified atom stereocenters. The highest BCUT2D eigenvalue weighted by Crippen LogP contribution is 2.29. The number of fused-ring (bicyclic) bond motifs is 1. The molecule has 0 bridgehead atoms. The van der Waals surface area contributed by atoms with Crippen LogP contribution in [0.3, 0.4) is 0 Å². The number of rotatable bonds is 1. The molecule has 3 nitrogen and oxygen atoms in total. The Labute approximate surface area is 83.1 Å². The van der Waals surface area contributed by atoms with E-state index in [0.29, 0.717) is 5.75 Å². The summed E-state index contributed by atoms with van der Waals surface area (Å²) in [5.41, 5.74) is 2.32. The zero-order valence-corrected chi connectivity index (χ0v) is 8.33. The molecule has 3 heteroatoms. The van der Waals surface area contributed by atoms with Crippen molar-refractivity contribution in [1.82, 2.24) is 5.32 Å². The van der Waals surface area contributed by atoms with Gasteiger partial charge in [-0.15, -0.1) is 0 Å². The van der Waals surface area contributed by atoms with Crippen molar-refractivity contribution in [2.45, 2.75) is 26.3 Å². The Bertz CT molecular complexity index is 374. The topological polar surface area (TPSA) is 38.3 Å². The standard InChI is InChI=1S/C11H13NO2/c1-3-8-4-5-10-9(6-8)7(2)12-11(13)14-10/h4-7H,3H2,1-2H3,(H,12,13). The first-order valence-electron chi connectivity index (χ1n) is 4.82. The van der Waals surface area contributed by atoms with Crippen molar-refractivity contribution in [3.05, 3.63) is 29.3 Å². The molecule has 1 aromatic rings. The Morgan fingerprint density at radius 2 is 2.29 bits per heavy atom. The quantitative estimate of drug-likeness (QED) is 0.740. The van der Waals surface area contributed by atoms with Crippen LogP contribution in [0.2, 0.25) is 0 Å². The second kappa shape index (κ2) is 3.33. The molecule has 1 aliphatic heterocycles. The molecule has 74 valence electrons. The first kappa shape index (κ1) is 9.06. The third-order valence-corrected chi connectivity index (χ3v) is 2.49. The molecule has 1 atom stereocenters. The molecular weight excluding hydrogens is 178 g/mol. The van der Waals surface area contributed by atoms with Gasteiger partial charge in [-0.05, 0) is 25.0 Å². The average Bonchev–Trinajstić information content (AvgIpc) is 2.17.